The lowest BCUT2D eigenvalue weighted by molar-refractivity contribution is 0.0384. The Morgan fingerprint density at radius 1 is 0.846 bits per heavy atom. The van der Waals surface area contributed by atoms with Gasteiger partial charge in [0, 0.05) is 17.4 Å². The molecular formula is C23H34O3. The minimum Gasteiger partial charge on any atom is -0.496 e. The molecule has 0 spiro atoms. The summed E-state index contributed by atoms with van der Waals surface area (Å²) >= 11 is 0. The average Bonchev–Trinajstić information content (AvgIpc) is 2.65. The molecule has 3 nitrogen and oxygen atoms in total. The van der Waals surface area contributed by atoms with Gasteiger partial charge in [-0.05, 0) is 42.5 Å². The summed E-state index contributed by atoms with van der Waals surface area (Å²) in [5, 5.41) is 2.15. The first-order valence-corrected chi connectivity index (χ1v) is 9.86. The first-order valence-electron chi connectivity index (χ1n) is 9.86. The van der Waals surface area contributed by atoms with E-state index in [0.29, 0.717) is 5.92 Å². The van der Waals surface area contributed by atoms with E-state index < -0.39 is 0 Å². The molecule has 144 valence electrons. The fraction of sp³-hybridized carbons (Fsp3) is 0.565. The van der Waals surface area contributed by atoms with Crippen molar-refractivity contribution in [2.45, 2.75) is 59.0 Å². The lowest BCUT2D eigenvalue weighted by Gasteiger charge is -2.20. The molecule has 0 saturated carbocycles. The van der Waals surface area contributed by atoms with Crippen molar-refractivity contribution in [1.29, 1.82) is 0 Å². The molecule has 0 saturated heterocycles. The van der Waals surface area contributed by atoms with Crippen molar-refractivity contribution in [3.8, 4) is 11.5 Å². The van der Waals surface area contributed by atoms with Crippen LogP contribution in [0.15, 0.2) is 30.3 Å². The summed E-state index contributed by atoms with van der Waals surface area (Å²) < 4.78 is 17.4. The molecule has 0 amide bonds. The molecule has 0 heterocycles. The van der Waals surface area contributed by atoms with Crippen molar-refractivity contribution in [2.75, 3.05) is 20.8 Å². The van der Waals surface area contributed by atoms with Crippen LogP contribution in [0.4, 0.5) is 0 Å². The van der Waals surface area contributed by atoms with Crippen LogP contribution in [0.5, 0.6) is 11.5 Å². The van der Waals surface area contributed by atoms with Gasteiger partial charge in [-0.25, -0.2) is 0 Å². The summed E-state index contributed by atoms with van der Waals surface area (Å²) in [5.41, 5.74) is 1.23. The van der Waals surface area contributed by atoms with Crippen molar-refractivity contribution in [2.24, 2.45) is 5.92 Å². The molecular weight excluding hydrogens is 324 g/mol. The smallest absolute Gasteiger partial charge is 0.126 e. The zero-order valence-electron chi connectivity index (χ0n) is 17.0. The molecule has 3 heteroatoms. The van der Waals surface area contributed by atoms with Gasteiger partial charge in [-0.3, -0.25) is 0 Å². The van der Waals surface area contributed by atoms with E-state index in [9.17, 15) is 0 Å². The van der Waals surface area contributed by atoms with Gasteiger partial charge < -0.3 is 14.2 Å². The molecule has 0 radical (unpaired) electrons. The lowest BCUT2D eigenvalue weighted by atomic mass is 9.98. The van der Waals surface area contributed by atoms with Gasteiger partial charge in [-0.1, -0.05) is 52.2 Å². The lowest BCUT2D eigenvalue weighted by Crippen LogP contribution is -2.08. The Bertz CT molecular complexity index is 678. The average molecular weight is 359 g/mol. The third-order valence-corrected chi connectivity index (χ3v) is 4.86. The molecule has 0 aromatic heterocycles. The summed E-state index contributed by atoms with van der Waals surface area (Å²) in [4.78, 5) is 0. The molecule has 0 N–H and O–H groups in total. The number of hydrogen-bond donors (Lipinski definition) is 0. The van der Waals surface area contributed by atoms with Gasteiger partial charge in [0.05, 0.1) is 20.3 Å². The number of hydrogen-bond acceptors (Lipinski definition) is 3. The van der Waals surface area contributed by atoms with Gasteiger partial charge in [0.25, 0.3) is 0 Å². The van der Waals surface area contributed by atoms with Crippen LogP contribution in [-0.4, -0.2) is 20.8 Å². The molecule has 0 bridgehead atoms. The number of fused-ring (bicyclic) bond motifs is 1. The van der Waals surface area contributed by atoms with Crippen LogP contribution >= 0.6 is 0 Å². The zero-order chi connectivity index (χ0) is 18.9. The standard InChI is InChI=1S/C23H34O3/c1-6-7-8-9-21(26-15-14-17(2)3)18-10-11-19-20(16-18)23(25-5)13-12-22(19)24-4/h10-13,16-17,21H,6-9,14-15H2,1-5H3. The second-order valence-corrected chi connectivity index (χ2v) is 7.31. The van der Waals surface area contributed by atoms with Crippen LogP contribution in [0.3, 0.4) is 0 Å². The normalized spacial score (nSPS) is 12.5. The highest BCUT2D eigenvalue weighted by Crippen LogP contribution is 2.36. The summed E-state index contributed by atoms with van der Waals surface area (Å²) in [6.45, 7) is 7.52. The van der Waals surface area contributed by atoms with Crippen LogP contribution in [0, 0.1) is 5.92 Å². The van der Waals surface area contributed by atoms with Crippen molar-refractivity contribution >= 4 is 10.8 Å². The fourth-order valence-corrected chi connectivity index (χ4v) is 3.24. The van der Waals surface area contributed by atoms with Crippen LogP contribution in [0.1, 0.15) is 64.5 Å². The van der Waals surface area contributed by atoms with Crippen LogP contribution in [0.25, 0.3) is 10.8 Å². The van der Waals surface area contributed by atoms with Crippen LogP contribution in [-0.2, 0) is 4.74 Å². The van der Waals surface area contributed by atoms with E-state index in [0.717, 1.165) is 41.7 Å². The monoisotopic (exact) mass is 358 g/mol. The van der Waals surface area contributed by atoms with Crippen LogP contribution in [0.2, 0.25) is 0 Å². The minimum absolute atomic E-state index is 0.139. The van der Waals surface area contributed by atoms with Crippen LogP contribution < -0.4 is 9.47 Å². The van der Waals surface area contributed by atoms with Gasteiger partial charge in [0.1, 0.15) is 11.5 Å². The summed E-state index contributed by atoms with van der Waals surface area (Å²) in [6, 6.07) is 10.4. The predicted octanol–water partition coefficient (Wildman–Crippen LogP) is 6.54. The Morgan fingerprint density at radius 2 is 1.54 bits per heavy atom. The topological polar surface area (TPSA) is 27.7 Å². The maximum atomic E-state index is 6.29. The maximum absolute atomic E-state index is 6.29. The molecule has 1 atom stereocenters. The first kappa shape index (κ1) is 20.6. The zero-order valence-corrected chi connectivity index (χ0v) is 17.0. The van der Waals surface area contributed by atoms with Gasteiger partial charge in [-0.15, -0.1) is 0 Å². The Hall–Kier alpha value is -1.74. The highest BCUT2D eigenvalue weighted by Gasteiger charge is 2.15. The molecule has 0 aliphatic heterocycles. The third kappa shape index (κ3) is 5.38. The Kier molecular flexibility index (Phi) is 8.24. The van der Waals surface area contributed by atoms with Crippen molar-refractivity contribution in [3.05, 3.63) is 35.9 Å². The second kappa shape index (κ2) is 10.4. The van der Waals surface area contributed by atoms with E-state index in [4.69, 9.17) is 14.2 Å². The van der Waals surface area contributed by atoms with E-state index in [2.05, 4.69) is 39.0 Å². The molecule has 2 aromatic carbocycles. The molecule has 0 aliphatic rings. The predicted molar refractivity (Wildman–Crippen MR) is 109 cm³/mol. The Morgan fingerprint density at radius 3 is 2.15 bits per heavy atom. The van der Waals surface area contributed by atoms with Gasteiger partial charge in [-0.2, -0.15) is 0 Å². The molecule has 2 rings (SSSR count). The molecule has 2 aromatic rings. The summed E-state index contributed by atoms with van der Waals surface area (Å²) in [6.07, 6.45) is 5.95. The first-order chi connectivity index (χ1) is 12.6. The fourth-order valence-electron chi connectivity index (χ4n) is 3.24. The summed E-state index contributed by atoms with van der Waals surface area (Å²) in [5.74, 6) is 2.40. The maximum Gasteiger partial charge on any atom is 0.126 e. The SMILES string of the molecule is CCCCCC(OCCC(C)C)c1ccc2c(OC)ccc(OC)c2c1. The largest absolute Gasteiger partial charge is 0.496 e. The van der Waals surface area contributed by atoms with Gasteiger partial charge in [0.2, 0.25) is 0 Å². The van der Waals surface area contributed by atoms with Crippen molar-refractivity contribution < 1.29 is 14.2 Å². The van der Waals surface area contributed by atoms with Gasteiger partial charge >= 0.3 is 0 Å². The van der Waals surface area contributed by atoms with Crippen molar-refractivity contribution in [1.82, 2.24) is 0 Å². The van der Waals surface area contributed by atoms with E-state index in [1.165, 1.54) is 24.8 Å². The number of benzene rings is 2. The van der Waals surface area contributed by atoms with Crippen molar-refractivity contribution in [3.63, 3.8) is 0 Å². The Balaban J connectivity index is 2.31. The van der Waals surface area contributed by atoms with E-state index in [1.807, 2.05) is 12.1 Å². The molecule has 26 heavy (non-hydrogen) atoms. The second-order valence-electron chi connectivity index (χ2n) is 7.31. The third-order valence-electron chi connectivity index (χ3n) is 4.86. The molecule has 0 aliphatic carbocycles. The minimum atomic E-state index is 0.139. The highest BCUT2D eigenvalue weighted by atomic mass is 16.5. The van der Waals surface area contributed by atoms with E-state index >= 15 is 0 Å². The van der Waals surface area contributed by atoms with Gasteiger partial charge in [0.15, 0.2) is 0 Å². The number of methoxy groups -OCH3 is 2. The van der Waals surface area contributed by atoms with E-state index in [-0.39, 0.29) is 6.10 Å². The number of rotatable bonds is 11. The van der Waals surface area contributed by atoms with E-state index in [1.54, 1.807) is 14.2 Å². The number of unbranched alkanes of at least 4 members (excludes halogenated alkanes) is 2. The quantitative estimate of drug-likeness (QED) is 0.427. The summed E-state index contributed by atoms with van der Waals surface area (Å²) in [7, 11) is 3.42. The molecule has 0 fully saturated rings. The molecule has 1 unspecified atom stereocenters. The Labute approximate surface area is 158 Å². The highest BCUT2D eigenvalue weighted by molar-refractivity contribution is 5.93. The number of ether oxygens (including phenoxy) is 3.